The van der Waals surface area contributed by atoms with E-state index in [2.05, 4.69) is 10.5 Å². The smallest absolute Gasteiger partial charge is 0.323 e. The van der Waals surface area contributed by atoms with Crippen LogP contribution >= 0.6 is 0 Å². The van der Waals surface area contributed by atoms with Crippen molar-refractivity contribution in [1.29, 1.82) is 0 Å². The largest absolute Gasteiger partial charge is 0.364 e. The van der Waals surface area contributed by atoms with Crippen LogP contribution < -0.4 is 11.1 Å². The average Bonchev–Trinajstić information content (AvgIpc) is 2.56. The van der Waals surface area contributed by atoms with Gasteiger partial charge in [0.25, 0.3) is 0 Å². The molecule has 0 saturated heterocycles. The Bertz CT molecular complexity index is 512. The maximum absolute atomic E-state index is 11.6. The zero-order valence-electron chi connectivity index (χ0n) is 8.64. The van der Waals surface area contributed by atoms with Gasteiger partial charge >= 0.3 is 5.69 Å². The zero-order valence-corrected chi connectivity index (χ0v) is 8.64. The van der Waals surface area contributed by atoms with E-state index in [0.717, 1.165) is 5.56 Å². The van der Waals surface area contributed by atoms with Crippen molar-refractivity contribution in [1.82, 2.24) is 14.5 Å². The van der Waals surface area contributed by atoms with Crippen LogP contribution in [0.5, 0.6) is 0 Å². The van der Waals surface area contributed by atoms with E-state index in [1.54, 1.807) is 14.1 Å². The molecule has 1 aromatic carbocycles. The quantitative estimate of drug-likeness (QED) is 0.771. The molecule has 0 spiro atoms. The minimum Gasteiger partial charge on any atom is -0.323 e. The van der Waals surface area contributed by atoms with Crippen LogP contribution in [0.2, 0.25) is 0 Å². The molecule has 0 bridgehead atoms. The fraction of sp³-hybridized carbons (Fsp3) is 0.200. The Morgan fingerprint density at radius 2 is 1.93 bits per heavy atom. The van der Waals surface area contributed by atoms with Crippen molar-refractivity contribution < 1.29 is 0 Å². The highest BCUT2D eigenvalue weighted by atomic mass is 16.2. The van der Waals surface area contributed by atoms with Crippen LogP contribution in [0, 0.1) is 0 Å². The topological polar surface area (TPSA) is 51.9 Å². The van der Waals surface area contributed by atoms with E-state index >= 15 is 0 Å². The normalized spacial score (nSPS) is 10.3. The Morgan fingerprint density at radius 1 is 1.27 bits per heavy atom. The molecule has 1 N–H and O–H groups in total. The Kier molecular flexibility index (Phi) is 2.29. The Morgan fingerprint density at radius 3 is 2.53 bits per heavy atom. The van der Waals surface area contributed by atoms with Crippen LogP contribution in [0.15, 0.2) is 35.1 Å². The molecule has 0 amide bonds. The van der Waals surface area contributed by atoms with Crippen LogP contribution in [0.3, 0.4) is 0 Å². The third kappa shape index (κ3) is 1.52. The highest BCUT2D eigenvalue weighted by molar-refractivity contribution is 5.54. The highest BCUT2D eigenvalue weighted by Gasteiger charge is 2.10. The molecule has 15 heavy (non-hydrogen) atoms. The van der Waals surface area contributed by atoms with E-state index < -0.39 is 0 Å². The summed E-state index contributed by atoms with van der Waals surface area (Å²) < 4.78 is 2.72. The maximum atomic E-state index is 11.6. The van der Waals surface area contributed by atoms with Gasteiger partial charge in [0.1, 0.15) is 0 Å². The second kappa shape index (κ2) is 3.61. The number of hydrogen-bond donors (Lipinski definition) is 1. The lowest BCUT2D eigenvalue weighted by atomic mass is 10.2. The second-order valence-corrected chi connectivity index (χ2v) is 3.15. The molecule has 1 heterocycles. The lowest BCUT2D eigenvalue weighted by Crippen LogP contribution is -2.28. The first kappa shape index (κ1) is 9.51. The van der Waals surface area contributed by atoms with Gasteiger partial charge in [-0.1, -0.05) is 30.3 Å². The maximum Gasteiger partial charge on any atom is 0.364 e. The summed E-state index contributed by atoms with van der Waals surface area (Å²) in [6.07, 6.45) is 0. The van der Waals surface area contributed by atoms with Gasteiger partial charge in [0.05, 0.1) is 0 Å². The van der Waals surface area contributed by atoms with Crippen molar-refractivity contribution >= 4 is 0 Å². The first-order chi connectivity index (χ1) is 7.24. The molecule has 2 aromatic rings. The third-order valence-electron chi connectivity index (χ3n) is 2.18. The van der Waals surface area contributed by atoms with Crippen LogP contribution in [0.1, 0.15) is 0 Å². The van der Waals surface area contributed by atoms with Gasteiger partial charge < -0.3 is 5.43 Å². The minimum absolute atomic E-state index is 0.184. The van der Waals surface area contributed by atoms with Crippen molar-refractivity contribution in [2.45, 2.75) is 0 Å². The molecular weight excluding hydrogens is 192 g/mol. The van der Waals surface area contributed by atoms with E-state index in [4.69, 9.17) is 0 Å². The number of rotatable bonds is 2. The molecule has 0 aliphatic carbocycles. The molecule has 0 aliphatic heterocycles. The minimum atomic E-state index is -0.184. The summed E-state index contributed by atoms with van der Waals surface area (Å²) in [6, 6.07) is 9.57. The summed E-state index contributed by atoms with van der Waals surface area (Å²) in [7, 11) is 3.32. The molecule has 78 valence electrons. The Balaban J connectivity index is 2.64. The number of aromatic nitrogens is 3. The summed E-state index contributed by atoms with van der Waals surface area (Å²) in [5, 5.41) is 4.16. The molecule has 2 rings (SSSR count). The summed E-state index contributed by atoms with van der Waals surface area (Å²) in [5.74, 6) is 0.616. The number of nitrogens with one attached hydrogen (secondary N) is 1. The number of nitrogens with zero attached hydrogens (tertiary/aromatic N) is 3. The Hall–Kier alpha value is -2.04. The molecule has 5 nitrogen and oxygen atoms in total. The van der Waals surface area contributed by atoms with Crippen molar-refractivity contribution in [2.24, 2.45) is 7.05 Å². The van der Waals surface area contributed by atoms with Gasteiger partial charge in [-0.15, -0.1) is 5.10 Å². The van der Waals surface area contributed by atoms with Crippen LogP contribution in [0.25, 0.3) is 11.4 Å². The molecule has 0 saturated carbocycles. The van der Waals surface area contributed by atoms with E-state index in [1.807, 2.05) is 30.3 Å². The Labute approximate surface area is 86.9 Å². The predicted octanol–water partition coefficient (Wildman–Crippen LogP) is 0.422. The zero-order chi connectivity index (χ0) is 10.8. The number of aryl methyl sites for hydroxylation is 1. The van der Waals surface area contributed by atoms with Crippen molar-refractivity contribution in [3.05, 3.63) is 40.8 Å². The van der Waals surface area contributed by atoms with Crippen LogP contribution in [-0.2, 0) is 7.05 Å². The van der Waals surface area contributed by atoms with Crippen molar-refractivity contribution in [3.63, 3.8) is 0 Å². The SMILES string of the molecule is CNn1c(-c2ccccc2)nn(C)c1=O. The summed E-state index contributed by atoms with van der Waals surface area (Å²) in [4.78, 5) is 11.6. The number of benzene rings is 1. The van der Waals surface area contributed by atoms with Gasteiger partial charge in [0, 0.05) is 19.7 Å². The van der Waals surface area contributed by atoms with Gasteiger partial charge in [-0.05, 0) is 0 Å². The predicted molar refractivity (Wildman–Crippen MR) is 58.2 cm³/mol. The third-order valence-corrected chi connectivity index (χ3v) is 2.18. The number of hydrogen-bond acceptors (Lipinski definition) is 3. The summed E-state index contributed by atoms with van der Waals surface area (Å²) in [5.41, 5.74) is 3.53. The first-order valence-electron chi connectivity index (χ1n) is 4.63. The molecular formula is C10H12N4O. The standard InChI is InChI=1S/C10H12N4O/c1-11-14-9(12-13(2)10(14)15)8-6-4-3-5-7-8/h3-7,11H,1-2H3. The van der Waals surface area contributed by atoms with E-state index in [-0.39, 0.29) is 5.69 Å². The lowest BCUT2D eigenvalue weighted by molar-refractivity contribution is 0.717. The fourth-order valence-electron chi connectivity index (χ4n) is 1.44. The molecule has 0 atom stereocenters. The first-order valence-corrected chi connectivity index (χ1v) is 4.63. The second-order valence-electron chi connectivity index (χ2n) is 3.15. The van der Waals surface area contributed by atoms with Gasteiger partial charge in [-0.2, -0.15) is 4.68 Å². The van der Waals surface area contributed by atoms with E-state index in [9.17, 15) is 4.79 Å². The van der Waals surface area contributed by atoms with Crippen molar-refractivity contribution in [3.8, 4) is 11.4 Å². The van der Waals surface area contributed by atoms with Gasteiger partial charge in [-0.3, -0.25) is 0 Å². The molecule has 0 radical (unpaired) electrons. The molecule has 5 heteroatoms. The average molecular weight is 204 g/mol. The van der Waals surface area contributed by atoms with Crippen LogP contribution in [0.4, 0.5) is 0 Å². The van der Waals surface area contributed by atoms with Crippen molar-refractivity contribution in [2.75, 3.05) is 12.5 Å². The van der Waals surface area contributed by atoms with Gasteiger partial charge in [0.2, 0.25) is 0 Å². The highest BCUT2D eigenvalue weighted by Crippen LogP contribution is 2.13. The van der Waals surface area contributed by atoms with Gasteiger partial charge in [-0.25, -0.2) is 9.48 Å². The molecule has 0 unspecified atom stereocenters. The van der Waals surface area contributed by atoms with E-state index in [1.165, 1.54) is 9.36 Å². The molecule has 0 fully saturated rings. The molecule has 1 aromatic heterocycles. The molecule has 0 aliphatic rings. The monoisotopic (exact) mass is 204 g/mol. The van der Waals surface area contributed by atoms with Crippen LogP contribution in [-0.4, -0.2) is 21.5 Å². The summed E-state index contributed by atoms with van der Waals surface area (Å²) >= 11 is 0. The lowest BCUT2D eigenvalue weighted by Gasteiger charge is -2.02. The fourth-order valence-corrected chi connectivity index (χ4v) is 1.44. The van der Waals surface area contributed by atoms with Gasteiger partial charge in [0.15, 0.2) is 5.82 Å². The summed E-state index contributed by atoms with van der Waals surface area (Å²) in [6.45, 7) is 0. The van der Waals surface area contributed by atoms with E-state index in [0.29, 0.717) is 5.82 Å².